The fourth-order valence-electron chi connectivity index (χ4n) is 2.90. The molecule has 0 aromatic rings. The number of carbonyl (C=O) groups is 1. The van der Waals surface area contributed by atoms with Gasteiger partial charge in [0.15, 0.2) is 0 Å². The van der Waals surface area contributed by atoms with Gasteiger partial charge in [-0.05, 0) is 45.3 Å². The Morgan fingerprint density at radius 2 is 1.89 bits per heavy atom. The summed E-state index contributed by atoms with van der Waals surface area (Å²) in [4.78, 5) is 14.4. The Morgan fingerprint density at radius 1 is 1.11 bits per heavy atom. The minimum atomic E-state index is 0.0582. The molecule has 0 aliphatic carbocycles. The highest BCUT2D eigenvalue weighted by atomic mass is 16.2. The van der Waals surface area contributed by atoms with E-state index < -0.39 is 0 Å². The van der Waals surface area contributed by atoms with Crippen molar-refractivity contribution in [3.8, 4) is 0 Å². The van der Waals surface area contributed by atoms with Crippen LogP contribution in [0.4, 0.5) is 0 Å². The first-order valence-electron chi connectivity index (χ1n) is 7.60. The molecule has 2 saturated heterocycles. The van der Waals surface area contributed by atoms with Crippen LogP contribution in [0.1, 0.15) is 44.9 Å². The van der Waals surface area contributed by atoms with Crippen molar-refractivity contribution < 1.29 is 4.79 Å². The molecule has 0 saturated carbocycles. The molecule has 1 amide bonds. The first-order chi connectivity index (χ1) is 8.86. The van der Waals surface area contributed by atoms with Crippen LogP contribution in [0.15, 0.2) is 0 Å². The van der Waals surface area contributed by atoms with Gasteiger partial charge in [-0.25, -0.2) is 0 Å². The minimum Gasteiger partial charge on any atom is -0.353 e. The molecule has 2 aliphatic rings. The Kier molecular flexibility index (Phi) is 5.94. The van der Waals surface area contributed by atoms with Crippen LogP contribution in [0.25, 0.3) is 0 Å². The first kappa shape index (κ1) is 13.8. The molecule has 104 valence electrons. The number of rotatable bonds is 4. The third-order valence-electron chi connectivity index (χ3n) is 4.05. The van der Waals surface area contributed by atoms with Crippen LogP contribution in [0.2, 0.25) is 0 Å². The highest BCUT2D eigenvalue weighted by molar-refractivity contribution is 5.81. The zero-order valence-electron chi connectivity index (χ0n) is 11.4. The standard InChI is InChI=1S/C14H27N3O/c18-14(13-7-3-4-8-15-13)16-9-12-17-10-5-1-2-6-11-17/h13,15H,1-12H2,(H,16,18)/t13-/m1/s1. The fraction of sp³-hybridized carbons (Fsp3) is 0.929. The average Bonchev–Trinajstić information content (AvgIpc) is 2.68. The highest BCUT2D eigenvalue weighted by Gasteiger charge is 2.20. The van der Waals surface area contributed by atoms with E-state index in [2.05, 4.69) is 15.5 Å². The molecule has 1 atom stereocenters. The van der Waals surface area contributed by atoms with Crippen molar-refractivity contribution >= 4 is 5.91 Å². The third kappa shape index (κ3) is 4.58. The van der Waals surface area contributed by atoms with Gasteiger partial charge in [0.05, 0.1) is 6.04 Å². The van der Waals surface area contributed by atoms with Gasteiger partial charge in [-0.2, -0.15) is 0 Å². The van der Waals surface area contributed by atoms with Crippen molar-refractivity contribution in [3.63, 3.8) is 0 Å². The van der Waals surface area contributed by atoms with Crippen molar-refractivity contribution in [1.29, 1.82) is 0 Å². The maximum absolute atomic E-state index is 11.9. The predicted molar refractivity (Wildman–Crippen MR) is 73.6 cm³/mol. The molecule has 2 fully saturated rings. The molecule has 0 radical (unpaired) electrons. The smallest absolute Gasteiger partial charge is 0.237 e. The molecule has 2 rings (SSSR count). The molecule has 0 aromatic heterocycles. The number of amides is 1. The Hall–Kier alpha value is -0.610. The summed E-state index contributed by atoms with van der Waals surface area (Å²) in [6, 6.07) is 0.0582. The molecular formula is C14H27N3O. The number of hydrogen-bond donors (Lipinski definition) is 2. The molecule has 0 spiro atoms. The molecule has 4 nitrogen and oxygen atoms in total. The number of carbonyl (C=O) groups excluding carboxylic acids is 1. The number of nitrogens with zero attached hydrogens (tertiary/aromatic N) is 1. The molecule has 2 aliphatic heterocycles. The SMILES string of the molecule is O=C(NCCN1CCCCCC1)[C@H]1CCCCN1. The van der Waals surface area contributed by atoms with Gasteiger partial charge in [0, 0.05) is 13.1 Å². The summed E-state index contributed by atoms with van der Waals surface area (Å²) in [7, 11) is 0. The summed E-state index contributed by atoms with van der Waals surface area (Å²) in [6.45, 7) is 5.22. The number of piperidine rings is 1. The van der Waals surface area contributed by atoms with E-state index in [1.807, 2.05) is 0 Å². The Bertz CT molecular complexity index is 243. The van der Waals surface area contributed by atoms with E-state index in [1.165, 1.54) is 51.6 Å². The van der Waals surface area contributed by atoms with E-state index in [0.29, 0.717) is 0 Å². The van der Waals surface area contributed by atoms with E-state index in [1.54, 1.807) is 0 Å². The van der Waals surface area contributed by atoms with Gasteiger partial charge in [0.25, 0.3) is 0 Å². The van der Waals surface area contributed by atoms with Crippen LogP contribution >= 0.6 is 0 Å². The number of likely N-dealkylation sites (tertiary alicyclic amines) is 1. The quantitative estimate of drug-likeness (QED) is 0.789. The lowest BCUT2D eigenvalue weighted by molar-refractivity contribution is -0.123. The second-order valence-electron chi connectivity index (χ2n) is 5.55. The van der Waals surface area contributed by atoms with E-state index in [-0.39, 0.29) is 11.9 Å². The minimum absolute atomic E-state index is 0.0582. The highest BCUT2D eigenvalue weighted by Crippen LogP contribution is 2.09. The van der Waals surface area contributed by atoms with Crippen LogP contribution in [-0.4, -0.2) is 49.6 Å². The lowest BCUT2D eigenvalue weighted by Gasteiger charge is -2.24. The molecule has 0 unspecified atom stereocenters. The Morgan fingerprint density at radius 3 is 2.56 bits per heavy atom. The molecule has 4 heteroatoms. The monoisotopic (exact) mass is 253 g/mol. The molecule has 2 heterocycles. The zero-order chi connectivity index (χ0) is 12.6. The lowest BCUT2D eigenvalue weighted by Crippen LogP contribution is -2.48. The van der Waals surface area contributed by atoms with Crippen molar-refractivity contribution in [2.75, 3.05) is 32.7 Å². The summed E-state index contributed by atoms with van der Waals surface area (Å²) in [5, 5.41) is 6.37. The van der Waals surface area contributed by atoms with Crippen LogP contribution in [0.3, 0.4) is 0 Å². The maximum atomic E-state index is 11.9. The van der Waals surface area contributed by atoms with E-state index >= 15 is 0 Å². The fourth-order valence-corrected chi connectivity index (χ4v) is 2.90. The lowest BCUT2D eigenvalue weighted by atomic mass is 10.0. The van der Waals surface area contributed by atoms with Gasteiger partial charge < -0.3 is 15.5 Å². The van der Waals surface area contributed by atoms with Crippen molar-refractivity contribution in [3.05, 3.63) is 0 Å². The summed E-state index contributed by atoms with van der Waals surface area (Å²) >= 11 is 0. The number of nitrogens with one attached hydrogen (secondary N) is 2. The van der Waals surface area contributed by atoms with Crippen LogP contribution in [0.5, 0.6) is 0 Å². The van der Waals surface area contributed by atoms with Gasteiger partial charge in [0.1, 0.15) is 0 Å². The largest absolute Gasteiger partial charge is 0.353 e. The second-order valence-corrected chi connectivity index (χ2v) is 5.55. The molecule has 2 N–H and O–H groups in total. The van der Waals surface area contributed by atoms with Gasteiger partial charge in [-0.15, -0.1) is 0 Å². The third-order valence-corrected chi connectivity index (χ3v) is 4.05. The average molecular weight is 253 g/mol. The first-order valence-corrected chi connectivity index (χ1v) is 7.60. The second kappa shape index (κ2) is 7.74. The molecular weight excluding hydrogens is 226 g/mol. The molecule has 18 heavy (non-hydrogen) atoms. The van der Waals surface area contributed by atoms with E-state index in [9.17, 15) is 4.79 Å². The normalized spacial score (nSPS) is 26.6. The van der Waals surface area contributed by atoms with Crippen LogP contribution in [0, 0.1) is 0 Å². The summed E-state index contributed by atoms with van der Waals surface area (Å²) in [6.07, 6.45) is 8.75. The topological polar surface area (TPSA) is 44.4 Å². The van der Waals surface area contributed by atoms with E-state index in [4.69, 9.17) is 0 Å². The van der Waals surface area contributed by atoms with Crippen molar-refractivity contribution in [1.82, 2.24) is 15.5 Å². The Balaban J connectivity index is 1.60. The molecule has 0 aromatic carbocycles. The van der Waals surface area contributed by atoms with Gasteiger partial charge in [-0.1, -0.05) is 19.3 Å². The van der Waals surface area contributed by atoms with Gasteiger partial charge >= 0.3 is 0 Å². The van der Waals surface area contributed by atoms with Crippen molar-refractivity contribution in [2.24, 2.45) is 0 Å². The van der Waals surface area contributed by atoms with Crippen LogP contribution < -0.4 is 10.6 Å². The summed E-state index contributed by atoms with van der Waals surface area (Å²) in [5.74, 6) is 0.199. The number of hydrogen-bond acceptors (Lipinski definition) is 3. The summed E-state index contributed by atoms with van der Waals surface area (Å²) in [5.41, 5.74) is 0. The van der Waals surface area contributed by atoms with E-state index in [0.717, 1.165) is 26.1 Å². The maximum Gasteiger partial charge on any atom is 0.237 e. The summed E-state index contributed by atoms with van der Waals surface area (Å²) < 4.78 is 0. The van der Waals surface area contributed by atoms with Crippen molar-refractivity contribution in [2.45, 2.75) is 51.0 Å². The molecule has 0 bridgehead atoms. The predicted octanol–water partition coefficient (Wildman–Crippen LogP) is 1.12. The van der Waals surface area contributed by atoms with Crippen LogP contribution in [-0.2, 0) is 4.79 Å². The van der Waals surface area contributed by atoms with Gasteiger partial charge in [0.2, 0.25) is 5.91 Å². The zero-order valence-corrected chi connectivity index (χ0v) is 11.4. The van der Waals surface area contributed by atoms with Gasteiger partial charge in [-0.3, -0.25) is 4.79 Å². The Labute approximate surface area is 110 Å².